The quantitative estimate of drug-likeness (QED) is 0.783. The van der Waals surface area contributed by atoms with Crippen LogP contribution >= 0.6 is 0 Å². The van der Waals surface area contributed by atoms with E-state index in [0.29, 0.717) is 6.04 Å². The zero-order valence-corrected chi connectivity index (χ0v) is 10.3. The highest BCUT2D eigenvalue weighted by molar-refractivity contribution is 5.27. The third-order valence-corrected chi connectivity index (χ3v) is 3.44. The van der Waals surface area contributed by atoms with E-state index in [1.54, 1.807) is 0 Å². The average Bonchev–Trinajstić information content (AvgIpc) is 2.81. The van der Waals surface area contributed by atoms with Crippen molar-refractivity contribution in [2.45, 2.75) is 52.0 Å². The van der Waals surface area contributed by atoms with Crippen molar-refractivity contribution in [2.24, 2.45) is 0 Å². The first-order valence-corrected chi connectivity index (χ1v) is 6.39. The Labute approximate surface area is 96.8 Å². The summed E-state index contributed by atoms with van der Waals surface area (Å²) in [6.45, 7) is 6.21. The second-order valence-corrected chi connectivity index (χ2v) is 4.39. The lowest BCUT2D eigenvalue weighted by molar-refractivity contribution is 0.324. The van der Waals surface area contributed by atoms with Gasteiger partial charge in [-0.2, -0.15) is 0 Å². The molecule has 0 atom stereocenters. The van der Waals surface area contributed by atoms with Gasteiger partial charge in [-0.25, -0.2) is 4.68 Å². The molecule has 1 aliphatic rings. The van der Waals surface area contributed by atoms with Gasteiger partial charge in [-0.1, -0.05) is 24.4 Å². The van der Waals surface area contributed by atoms with Crippen molar-refractivity contribution in [3.05, 3.63) is 0 Å². The summed E-state index contributed by atoms with van der Waals surface area (Å²) in [5.41, 5.74) is 0. The summed E-state index contributed by atoms with van der Waals surface area (Å²) in [6.07, 6.45) is 6.42. The second-order valence-electron chi connectivity index (χ2n) is 4.39. The Balaban J connectivity index is 2.16. The number of anilines is 1. The molecule has 0 saturated heterocycles. The third kappa shape index (κ3) is 2.18. The fourth-order valence-corrected chi connectivity index (χ4v) is 2.47. The molecule has 0 spiro atoms. The first-order chi connectivity index (χ1) is 7.86. The van der Waals surface area contributed by atoms with Crippen LogP contribution in [0.2, 0.25) is 0 Å². The zero-order valence-electron chi connectivity index (χ0n) is 10.3. The highest BCUT2D eigenvalue weighted by Gasteiger charge is 2.21. The van der Waals surface area contributed by atoms with E-state index in [1.807, 2.05) is 4.68 Å². The van der Waals surface area contributed by atoms with Gasteiger partial charge in [0.25, 0.3) is 0 Å². The van der Waals surface area contributed by atoms with Crippen LogP contribution in [0, 0.1) is 0 Å². The molecule has 0 radical (unpaired) electrons. The van der Waals surface area contributed by atoms with E-state index in [1.165, 1.54) is 32.1 Å². The lowest BCUT2D eigenvalue weighted by Crippen LogP contribution is -2.28. The highest BCUT2D eigenvalue weighted by Crippen LogP contribution is 2.29. The van der Waals surface area contributed by atoms with Crippen molar-refractivity contribution in [2.75, 3.05) is 18.0 Å². The Hall–Kier alpha value is -1.13. The third-order valence-electron chi connectivity index (χ3n) is 3.44. The smallest absolute Gasteiger partial charge is 0.245 e. The Morgan fingerprint density at radius 2 is 1.88 bits per heavy atom. The summed E-state index contributed by atoms with van der Waals surface area (Å²) in [4.78, 5) is 2.22. The molecule has 0 bridgehead atoms. The van der Waals surface area contributed by atoms with Crippen LogP contribution in [0.25, 0.3) is 0 Å². The molecule has 1 heterocycles. The van der Waals surface area contributed by atoms with Crippen molar-refractivity contribution >= 4 is 5.95 Å². The summed E-state index contributed by atoms with van der Waals surface area (Å²) in [6, 6.07) is 0.513. The first kappa shape index (κ1) is 11.4. The van der Waals surface area contributed by atoms with Crippen LogP contribution in [0.15, 0.2) is 0 Å². The number of aromatic nitrogens is 4. The molecule has 0 aliphatic heterocycles. The van der Waals surface area contributed by atoms with Crippen LogP contribution in [0.4, 0.5) is 5.95 Å². The summed E-state index contributed by atoms with van der Waals surface area (Å²) in [5.74, 6) is 0.942. The molecule has 90 valence electrons. The van der Waals surface area contributed by atoms with Crippen LogP contribution in [0.5, 0.6) is 0 Å². The summed E-state index contributed by atoms with van der Waals surface area (Å²) < 4.78 is 2.03. The minimum atomic E-state index is 0.513. The summed E-state index contributed by atoms with van der Waals surface area (Å²) in [7, 11) is 0. The predicted octanol–water partition coefficient (Wildman–Crippen LogP) is 2.02. The van der Waals surface area contributed by atoms with Crippen molar-refractivity contribution in [3.8, 4) is 0 Å². The topological polar surface area (TPSA) is 46.8 Å². The molecule has 0 unspecified atom stereocenters. The molecule has 0 amide bonds. The fraction of sp³-hybridized carbons (Fsp3) is 0.909. The maximum Gasteiger partial charge on any atom is 0.245 e. The van der Waals surface area contributed by atoms with E-state index in [2.05, 4.69) is 34.3 Å². The van der Waals surface area contributed by atoms with E-state index in [4.69, 9.17) is 0 Å². The maximum atomic E-state index is 4.17. The monoisotopic (exact) mass is 223 g/mol. The van der Waals surface area contributed by atoms with Crippen LogP contribution in [-0.2, 0) is 0 Å². The SMILES string of the molecule is CCN(CC)c1nnnn1C1CCCCC1. The Bertz CT molecular complexity index is 312. The molecular weight excluding hydrogens is 202 g/mol. The van der Waals surface area contributed by atoms with Crippen LogP contribution in [0.3, 0.4) is 0 Å². The first-order valence-electron chi connectivity index (χ1n) is 6.39. The van der Waals surface area contributed by atoms with Gasteiger partial charge in [0.1, 0.15) is 0 Å². The summed E-state index contributed by atoms with van der Waals surface area (Å²) >= 11 is 0. The molecule has 5 nitrogen and oxygen atoms in total. The molecule has 0 aromatic carbocycles. The van der Waals surface area contributed by atoms with E-state index in [0.717, 1.165) is 19.0 Å². The average molecular weight is 223 g/mol. The zero-order chi connectivity index (χ0) is 11.4. The molecule has 1 aromatic rings. The van der Waals surface area contributed by atoms with E-state index in [-0.39, 0.29) is 0 Å². The minimum absolute atomic E-state index is 0.513. The van der Waals surface area contributed by atoms with Gasteiger partial charge in [0, 0.05) is 13.1 Å². The Kier molecular flexibility index (Phi) is 3.74. The van der Waals surface area contributed by atoms with Gasteiger partial charge < -0.3 is 4.90 Å². The maximum absolute atomic E-state index is 4.17. The number of tetrazole rings is 1. The van der Waals surface area contributed by atoms with Gasteiger partial charge in [0.05, 0.1) is 6.04 Å². The summed E-state index contributed by atoms with van der Waals surface area (Å²) in [5, 5.41) is 12.2. The second kappa shape index (κ2) is 5.27. The van der Waals surface area contributed by atoms with Crippen LogP contribution in [-0.4, -0.2) is 33.3 Å². The molecule has 5 heteroatoms. The van der Waals surface area contributed by atoms with E-state index in [9.17, 15) is 0 Å². The van der Waals surface area contributed by atoms with Crippen LogP contribution < -0.4 is 4.90 Å². The number of hydrogen-bond acceptors (Lipinski definition) is 4. The van der Waals surface area contributed by atoms with Gasteiger partial charge in [0.15, 0.2) is 0 Å². The number of hydrogen-bond donors (Lipinski definition) is 0. The van der Waals surface area contributed by atoms with Crippen molar-refractivity contribution in [1.29, 1.82) is 0 Å². The molecule has 0 N–H and O–H groups in total. The largest absolute Gasteiger partial charge is 0.340 e. The molecule has 1 fully saturated rings. The lowest BCUT2D eigenvalue weighted by atomic mass is 9.96. The number of nitrogens with zero attached hydrogens (tertiary/aromatic N) is 5. The fourth-order valence-electron chi connectivity index (χ4n) is 2.47. The van der Waals surface area contributed by atoms with Gasteiger partial charge in [-0.05, 0) is 37.1 Å². The molecule has 1 saturated carbocycles. The van der Waals surface area contributed by atoms with Crippen LogP contribution in [0.1, 0.15) is 52.0 Å². The Morgan fingerprint density at radius 1 is 1.19 bits per heavy atom. The van der Waals surface area contributed by atoms with Crippen molar-refractivity contribution < 1.29 is 0 Å². The van der Waals surface area contributed by atoms with Crippen molar-refractivity contribution in [3.63, 3.8) is 0 Å². The molecule has 1 aliphatic carbocycles. The molecule has 1 aromatic heterocycles. The van der Waals surface area contributed by atoms with Gasteiger partial charge in [0.2, 0.25) is 5.95 Å². The molecule has 2 rings (SSSR count). The van der Waals surface area contributed by atoms with Gasteiger partial charge in [-0.3, -0.25) is 0 Å². The predicted molar refractivity (Wildman–Crippen MR) is 63.5 cm³/mol. The molecular formula is C11H21N5. The number of rotatable bonds is 4. The minimum Gasteiger partial charge on any atom is -0.340 e. The van der Waals surface area contributed by atoms with Gasteiger partial charge in [-0.15, -0.1) is 0 Å². The standard InChI is InChI=1S/C11H21N5/c1-3-15(4-2)11-12-13-14-16(11)10-8-6-5-7-9-10/h10H,3-9H2,1-2H3. The lowest BCUT2D eigenvalue weighted by Gasteiger charge is -2.26. The van der Waals surface area contributed by atoms with E-state index < -0.39 is 0 Å². The highest BCUT2D eigenvalue weighted by atomic mass is 15.6. The van der Waals surface area contributed by atoms with Crippen molar-refractivity contribution in [1.82, 2.24) is 20.2 Å². The molecule has 16 heavy (non-hydrogen) atoms. The van der Waals surface area contributed by atoms with E-state index >= 15 is 0 Å². The van der Waals surface area contributed by atoms with Gasteiger partial charge >= 0.3 is 0 Å². The normalized spacial score (nSPS) is 17.6. The Morgan fingerprint density at radius 3 is 2.50 bits per heavy atom.